The molecule has 0 spiro atoms. The van der Waals surface area contributed by atoms with Crippen LogP contribution in [0.3, 0.4) is 0 Å². The Kier molecular flexibility index (Phi) is 7.91. The molecule has 22 heavy (non-hydrogen) atoms. The molecule has 4 N–H and O–H groups in total. The van der Waals surface area contributed by atoms with E-state index in [9.17, 15) is 4.79 Å². The molecular formula is C15H22N4O2S. The second-order valence-corrected chi connectivity index (χ2v) is 5.38. The standard InChI is InChI=1S/C15H22N4O2S/c1-11(2)17-15(20)21-10-6-9-13(18-19-14(16)22)12-7-4-3-5-8-12/h3-5,7-8,11H,6,9-10H2,1-2H3,(H,17,20)(H3,16,19,22). The minimum Gasteiger partial charge on any atom is -0.450 e. The van der Waals surface area contributed by atoms with E-state index >= 15 is 0 Å². The highest BCUT2D eigenvalue weighted by Gasteiger charge is 2.06. The Bertz CT molecular complexity index is 518. The maximum atomic E-state index is 11.4. The van der Waals surface area contributed by atoms with E-state index < -0.39 is 6.09 Å². The van der Waals surface area contributed by atoms with Gasteiger partial charge in [-0.3, -0.25) is 5.43 Å². The number of hydrazone groups is 1. The van der Waals surface area contributed by atoms with Gasteiger partial charge < -0.3 is 15.8 Å². The van der Waals surface area contributed by atoms with E-state index in [1.165, 1.54) is 0 Å². The third kappa shape index (κ3) is 7.58. The number of alkyl carbamates (subject to hydrolysis) is 1. The average molecular weight is 322 g/mol. The van der Waals surface area contributed by atoms with Crippen molar-refractivity contribution >= 4 is 29.1 Å². The molecule has 1 rings (SSSR count). The Morgan fingerprint density at radius 3 is 2.64 bits per heavy atom. The lowest BCUT2D eigenvalue weighted by atomic mass is 10.1. The van der Waals surface area contributed by atoms with Crippen LogP contribution < -0.4 is 16.5 Å². The zero-order chi connectivity index (χ0) is 16.4. The number of nitrogens with one attached hydrogen (secondary N) is 2. The van der Waals surface area contributed by atoms with Gasteiger partial charge in [-0.2, -0.15) is 5.10 Å². The predicted octanol–water partition coefficient (Wildman–Crippen LogP) is 2.14. The fraction of sp³-hybridized carbons (Fsp3) is 0.400. The summed E-state index contributed by atoms with van der Waals surface area (Å²) in [7, 11) is 0. The molecule has 1 amide bonds. The molecule has 1 aromatic carbocycles. The number of hydrogen-bond acceptors (Lipinski definition) is 4. The first kappa shape index (κ1) is 17.9. The van der Waals surface area contributed by atoms with Crippen LogP contribution in [-0.4, -0.2) is 29.6 Å². The quantitative estimate of drug-likeness (QED) is 0.310. The molecule has 0 heterocycles. The SMILES string of the molecule is CC(C)NC(=O)OCCCC(=NNC(N)=S)c1ccccc1. The van der Waals surface area contributed by atoms with Crippen molar-refractivity contribution in [2.45, 2.75) is 32.7 Å². The second kappa shape index (κ2) is 9.73. The number of hydrogen-bond donors (Lipinski definition) is 3. The van der Waals surface area contributed by atoms with Crippen molar-refractivity contribution in [2.75, 3.05) is 6.61 Å². The number of amides is 1. The van der Waals surface area contributed by atoms with Crippen LogP contribution >= 0.6 is 12.2 Å². The van der Waals surface area contributed by atoms with Gasteiger partial charge in [-0.05, 0) is 44.5 Å². The number of rotatable bonds is 7. The van der Waals surface area contributed by atoms with Gasteiger partial charge in [0.1, 0.15) is 0 Å². The molecule has 0 saturated carbocycles. The van der Waals surface area contributed by atoms with Crippen LogP contribution in [0.1, 0.15) is 32.3 Å². The Balaban J connectivity index is 2.51. The van der Waals surface area contributed by atoms with Crippen molar-refractivity contribution in [3.63, 3.8) is 0 Å². The molecule has 6 nitrogen and oxygen atoms in total. The Hall–Kier alpha value is -2.15. The predicted molar refractivity (Wildman–Crippen MR) is 91.8 cm³/mol. The highest BCUT2D eigenvalue weighted by molar-refractivity contribution is 7.80. The Labute approximate surface area is 136 Å². The van der Waals surface area contributed by atoms with Gasteiger partial charge in [-0.25, -0.2) is 4.79 Å². The van der Waals surface area contributed by atoms with E-state index in [1.54, 1.807) is 0 Å². The average Bonchev–Trinajstić information content (AvgIpc) is 2.46. The monoisotopic (exact) mass is 322 g/mol. The lowest BCUT2D eigenvalue weighted by molar-refractivity contribution is 0.143. The summed E-state index contributed by atoms with van der Waals surface area (Å²) in [5.41, 5.74) is 9.77. The first-order valence-electron chi connectivity index (χ1n) is 7.09. The molecule has 1 aromatic rings. The summed E-state index contributed by atoms with van der Waals surface area (Å²) in [6.45, 7) is 4.07. The number of nitrogens with two attached hydrogens (primary N) is 1. The molecule has 0 radical (unpaired) electrons. The minimum atomic E-state index is -0.408. The topological polar surface area (TPSA) is 88.7 Å². The van der Waals surface area contributed by atoms with Crippen LogP contribution in [0.2, 0.25) is 0 Å². The van der Waals surface area contributed by atoms with E-state index in [0.717, 1.165) is 11.3 Å². The number of thiocarbonyl (C=S) groups is 1. The fourth-order valence-electron chi connectivity index (χ4n) is 1.70. The van der Waals surface area contributed by atoms with E-state index in [-0.39, 0.29) is 11.2 Å². The van der Waals surface area contributed by atoms with Gasteiger partial charge in [0.2, 0.25) is 0 Å². The number of carbonyl (C=O) groups is 1. The molecule has 0 aliphatic heterocycles. The summed E-state index contributed by atoms with van der Waals surface area (Å²) in [4.78, 5) is 11.4. The first-order chi connectivity index (χ1) is 10.5. The second-order valence-electron chi connectivity index (χ2n) is 4.94. The molecular weight excluding hydrogens is 300 g/mol. The summed E-state index contributed by atoms with van der Waals surface area (Å²) in [6.07, 6.45) is 0.877. The third-order valence-electron chi connectivity index (χ3n) is 2.61. The summed E-state index contributed by atoms with van der Waals surface area (Å²) < 4.78 is 5.09. The van der Waals surface area contributed by atoms with Gasteiger partial charge in [-0.1, -0.05) is 30.3 Å². The molecule has 120 valence electrons. The van der Waals surface area contributed by atoms with E-state index in [4.69, 9.17) is 22.7 Å². The van der Waals surface area contributed by atoms with Crippen LogP contribution in [-0.2, 0) is 4.74 Å². The lowest BCUT2D eigenvalue weighted by Gasteiger charge is -2.10. The van der Waals surface area contributed by atoms with Gasteiger partial charge in [-0.15, -0.1) is 0 Å². The largest absolute Gasteiger partial charge is 0.450 e. The molecule has 0 aliphatic rings. The van der Waals surface area contributed by atoms with Crippen molar-refractivity contribution in [2.24, 2.45) is 10.8 Å². The lowest BCUT2D eigenvalue weighted by Crippen LogP contribution is -2.31. The summed E-state index contributed by atoms with van der Waals surface area (Å²) >= 11 is 4.76. The smallest absolute Gasteiger partial charge is 0.407 e. The van der Waals surface area contributed by atoms with Gasteiger partial charge in [0.25, 0.3) is 0 Å². The molecule has 0 saturated heterocycles. The normalized spacial score (nSPS) is 11.1. The fourth-order valence-corrected chi connectivity index (χ4v) is 1.75. The Morgan fingerprint density at radius 1 is 1.36 bits per heavy atom. The van der Waals surface area contributed by atoms with Gasteiger partial charge in [0, 0.05) is 6.04 Å². The van der Waals surface area contributed by atoms with Crippen LogP contribution in [0.15, 0.2) is 35.4 Å². The molecule has 0 aromatic heterocycles. The highest BCUT2D eigenvalue weighted by atomic mass is 32.1. The van der Waals surface area contributed by atoms with E-state index in [1.807, 2.05) is 44.2 Å². The van der Waals surface area contributed by atoms with Gasteiger partial charge in [0.05, 0.1) is 12.3 Å². The summed E-state index contributed by atoms with van der Waals surface area (Å²) in [5.74, 6) is 0. The molecule has 0 fully saturated rings. The van der Waals surface area contributed by atoms with Crippen molar-refractivity contribution < 1.29 is 9.53 Å². The number of carbonyl (C=O) groups excluding carboxylic acids is 1. The molecule has 0 bridgehead atoms. The zero-order valence-electron chi connectivity index (χ0n) is 12.8. The van der Waals surface area contributed by atoms with E-state index in [0.29, 0.717) is 19.4 Å². The minimum absolute atomic E-state index is 0.0590. The van der Waals surface area contributed by atoms with Gasteiger partial charge in [0.15, 0.2) is 5.11 Å². The van der Waals surface area contributed by atoms with Crippen molar-refractivity contribution in [1.82, 2.24) is 10.7 Å². The summed E-state index contributed by atoms with van der Waals surface area (Å²) in [6, 6.07) is 9.75. The third-order valence-corrected chi connectivity index (χ3v) is 2.70. The summed E-state index contributed by atoms with van der Waals surface area (Å²) in [5, 5.41) is 6.98. The maximum Gasteiger partial charge on any atom is 0.407 e. The molecule has 0 unspecified atom stereocenters. The molecule has 0 aliphatic carbocycles. The maximum absolute atomic E-state index is 11.4. The van der Waals surface area contributed by atoms with Crippen LogP contribution in [0.5, 0.6) is 0 Å². The van der Waals surface area contributed by atoms with E-state index in [2.05, 4.69) is 15.8 Å². The molecule has 0 atom stereocenters. The highest BCUT2D eigenvalue weighted by Crippen LogP contribution is 2.06. The van der Waals surface area contributed by atoms with Crippen molar-refractivity contribution in [3.05, 3.63) is 35.9 Å². The van der Waals surface area contributed by atoms with Crippen LogP contribution in [0.25, 0.3) is 0 Å². The van der Waals surface area contributed by atoms with Crippen molar-refractivity contribution in [3.8, 4) is 0 Å². The van der Waals surface area contributed by atoms with Gasteiger partial charge >= 0.3 is 6.09 Å². The zero-order valence-corrected chi connectivity index (χ0v) is 13.7. The first-order valence-corrected chi connectivity index (χ1v) is 7.50. The molecule has 7 heteroatoms. The Morgan fingerprint density at radius 2 is 2.05 bits per heavy atom. The van der Waals surface area contributed by atoms with Crippen molar-refractivity contribution in [1.29, 1.82) is 0 Å². The number of benzene rings is 1. The number of nitrogens with zero attached hydrogens (tertiary/aromatic N) is 1. The van der Waals surface area contributed by atoms with Crippen LogP contribution in [0, 0.1) is 0 Å². The number of ether oxygens (including phenoxy) is 1. The van der Waals surface area contributed by atoms with Crippen LogP contribution in [0.4, 0.5) is 4.79 Å².